The first-order chi connectivity index (χ1) is 10.1. The average molecular weight is 281 g/mol. The van der Waals surface area contributed by atoms with Crippen LogP contribution < -0.4 is 10.1 Å². The molecule has 0 radical (unpaired) electrons. The molecular formula is C18H19NO2. The van der Waals surface area contributed by atoms with E-state index < -0.39 is 0 Å². The highest BCUT2D eigenvalue weighted by atomic mass is 16.5. The van der Waals surface area contributed by atoms with Crippen LogP contribution in [0.25, 0.3) is 0 Å². The third-order valence-corrected chi connectivity index (χ3v) is 3.16. The molecule has 2 aromatic carbocycles. The summed E-state index contributed by atoms with van der Waals surface area (Å²) in [6.45, 7) is 4.00. The lowest BCUT2D eigenvalue weighted by Gasteiger charge is -2.08. The molecule has 21 heavy (non-hydrogen) atoms. The Morgan fingerprint density at radius 3 is 2.38 bits per heavy atom. The highest BCUT2D eigenvalue weighted by Crippen LogP contribution is 2.25. The number of benzene rings is 2. The molecule has 0 fully saturated rings. The summed E-state index contributed by atoms with van der Waals surface area (Å²) in [6, 6.07) is 13.4. The van der Waals surface area contributed by atoms with E-state index in [4.69, 9.17) is 4.74 Å². The monoisotopic (exact) mass is 281 g/mol. The topological polar surface area (TPSA) is 38.3 Å². The summed E-state index contributed by atoms with van der Waals surface area (Å²) < 4.78 is 5.27. The predicted molar refractivity (Wildman–Crippen MR) is 86.0 cm³/mol. The van der Waals surface area contributed by atoms with Crippen molar-refractivity contribution in [3.05, 3.63) is 71.4 Å². The Hall–Kier alpha value is -2.55. The third kappa shape index (κ3) is 3.96. The fourth-order valence-corrected chi connectivity index (χ4v) is 1.96. The Morgan fingerprint density at radius 2 is 1.71 bits per heavy atom. The lowest BCUT2D eigenvalue weighted by atomic mass is 10.1. The Morgan fingerprint density at radius 1 is 1.05 bits per heavy atom. The highest BCUT2D eigenvalue weighted by Gasteiger charge is 2.02. The number of allylic oxidation sites excluding steroid dienone is 1. The number of aryl methyl sites for hydroxylation is 2. The molecule has 0 heterocycles. The Balaban J connectivity index is 2.07. The van der Waals surface area contributed by atoms with E-state index in [1.165, 1.54) is 6.08 Å². The van der Waals surface area contributed by atoms with Gasteiger partial charge in [-0.25, -0.2) is 0 Å². The molecular weight excluding hydrogens is 262 g/mol. The minimum atomic E-state index is -0.0332. The van der Waals surface area contributed by atoms with Crippen LogP contribution in [-0.2, 0) is 0 Å². The number of hydrogen-bond donors (Lipinski definition) is 1. The first kappa shape index (κ1) is 14.9. The van der Waals surface area contributed by atoms with Crippen molar-refractivity contribution in [3.63, 3.8) is 0 Å². The largest absolute Gasteiger partial charge is 0.495 e. The summed E-state index contributed by atoms with van der Waals surface area (Å²) in [5, 5.41) is 3.09. The number of ketones is 1. The van der Waals surface area contributed by atoms with Crippen LogP contribution >= 0.6 is 0 Å². The number of nitrogens with one attached hydrogen (secondary N) is 1. The van der Waals surface area contributed by atoms with Crippen molar-refractivity contribution in [1.82, 2.24) is 0 Å². The third-order valence-electron chi connectivity index (χ3n) is 3.16. The van der Waals surface area contributed by atoms with Crippen LogP contribution in [0, 0.1) is 13.8 Å². The number of carbonyl (C=O) groups excluding carboxylic acids is 1. The maximum atomic E-state index is 12.0. The fraction of sp³-hybridized carbons (Fsp3) is 0.167. The van der Waals surface area contributed by atoms with Gasteiger partial charge in [0.05, 0.1) is 12.8 Å². The normalized spacial score (nSPS) is 10.6. The van der Waals surface area contributed by atoms with Crippen molar-refractivity contribution in [1.29, 1.82) is 0 Å². The van der Waals surface area contributed by atoms with Gasteiger partial charge >= 0.3 is 0 Å². The second-order valence-electron chi connectivity index (χ2n) is 4.91. The Kier molecular flexibility index (Phi) is 4.77. The standard InChI is InChI=1S/C18H19NO2/c1-13-4-7-15(8-5-13)17(20)10-11-19-16-12-14(2)6-9-18(16)21-3/h4-12,19H,1-3H3/b11-10+. The second-order valence-corrected chi connectivity index (χ2v) is 4.91. The number of methoxy groups -OCH3 is 1. The zero-order chi connectivity index (χ0) is 15.2. The van der Waals surface area contributed by atoms with E-state index in [-0.39, 0.29) is 5.78 Å². The first-order valence-electron chi connectivity index (χ1n) is 6.79. The van der Waals surface area contributed by atoms with E-state index in [9.17, 15) is 4.79 Å². The van der Waals surface area contributed by atoms with Crippen LogP contribution in [0.4, 0.5) is 5.69 Å². The molecule has 2 aromatic rings. The summed E-state index contributed by atoms with van der Waals surface area (Å²) in [5.41, 5.74) is 3.77. The van der Waals surface area contributed by atoms with Gasteiger partial charge in [0.25, 0.3) is 0 Å². The molecule has 0 unspecified atom stereocenters. The van der Waals surface area contributed by atoms with Gasteiger partial charge in [0, 0.05) is 17.8 Å². The molecule has 0 amide bonds. The number of carbonyl (C=O) groups is 1. The Labute approximate surface area is 125 Å². The van der Waals surface area contributed by atoms with Gasteiger partial charge in [0.15, 0.2) is 5.78 Å². The SMILES string of the molecule is COc1ccc(C)cc1N/C=C/C(=O)c1ccc(C)cc1. The zero-order valence-electron chi connectivity index (χ0n) is 12.5. The van der Waals surface area contributed by atoms with Crippen molar-refractivity contribution in [2.24, 2.45) is 0 Å². The van der Waals surface area contributed by atoms with Crippen LogP contribution in [0.15, 0.2) is 54.7 Å². The number of ether oxygens (including phenoxy) is 1. The number of rotatable bonds is 5. The highest BCUT2D eigenvalue weighted by molar-refractivity contribution is 6.04. The van der Waals surface area contributed by atoms with Gasteiger partial charge in [-0.2, -0.15) is 0 Å². The van der Waals surface area contributed by atoms with E-state index in [2.05, 4.69) is 5.32 Å². The van der Waals surface area contributed by atoms with E-state index >= 15 is 0 Å². The molecule has 2 rings (SSSR count). The molecule has 1 N–H and O–H groups in total. The van der Waals surface area contributed by atoms with Gasteiger partial charge in [0.1, 0.15) is 5.75 Å². The van der Waals surface area contributed by atoms with E-state index in [0.717, 1.165) is 22.6 Å². The molecule has 0 aromatic heterocycles. The molecule has 0 saturated carbocycles. The van der Waals surface area contributed by atoms with Crippen LogP contribution in [0.2, 0.25) is 0 Å². The minimum Gasteiger partial charge on any atom is -0.495 e. The van der Waals surface area contributed by atoms with Crippen molar-refractivity contribution in [2.75, 3.05) is 12.4 Å². The lowest BCUT2D eigenvalue weighted by molar-refractivity contribution is 0.104. The van der Waals surface area contributed by atoms with Crippen LogP contribution in [0.5, 0.6) is 5.75 Å². The molecule has 0 aliphatic heterocycles. The van der Waals surface area contributed by atoms with Crippen molar-refractivity contribution >= 4 is 11.5 Å². The van der Waals surface area contributed by atoms with Crippen LogP contribution in [0.3, 0.4) is 0 Å². The quantitative estimate of drug-likeness (QED) is 0.662. The molecule has 0 aliphatic carbocycles. The maximum Gasteiger partial charge on any atom is 0.187 e. The molecule has 0 saturated heterocycles. The Bertz CT molecular complexity index is 657. The molecule has 0 aliphatic rings. The van der Waals surface area contributed by atoms with Gasteiger partial charge in [-0.1, -0.05) is 35.9 Å². The van der Waals surface area contributed by atoms with E-state index in [1.54, 1.807) is 13.3 Å². The molecule has 3 heteroatoms. The predicted octanol–water partition coefficient (Wildman–Crippen LogP) is 4.12. The number of hydrogen-bond acceptors (Lipinski definition) is 3. The van der Waals surface area contributed by atoms with Crippen molar-refractivity contribution in [2.45, 2.75) is 13.8 Å². The van der Waals surface area contributed by atoms with Gasteiger partial charge in [-0.05, 0) is 31.5 Å². The fourth-order valence-electron chi connectivity index (χ4n) is 1.96. The number of anilines is 1. The van der Waals surface area contributed by atoms with Gasteiger partial charge < -0.3 is 10.1 Å². The summed E-state index contributed by atoms with van der Waals surface area (Å²) in [6.07, 6.45) is 3.16. The molecule has 108 valence electrons. The zero-order valence-corrected chi connectivity index (χ0v) is 12.5. The molecule has 0 atom stereocenters. The smallest absolute Gasteiger partial charge is 0.187 e. The van der Waals surface area contributed by atoms with Gasteiger partial charge in [-0.3, -0.25) is 4.79 Å². The van der Waals surface area contributed by atoms with Crippen molar-refractivity contribution < 1.29 is 9.53 Å². The minimum absolute atomic E-state index is 0.0332. The average Bonchev–Trinajstić information content (AvgIpc) is 2.48. The summed E-state index contributed by atoms with van der Waals surface area (Å²) in [4.78, 5) is 12.0. The van der Waals surface area contributed by atoms with Crippen LogP contribution in [-0.4, -0.2) is 12.9 Å². The van der Waals surface area contributed by atoms with E-state index in [1.807, 2.05) is 56.3 Å². The molecule has 3 nitrogen and oxygen atoms in total. The molecule has 0 bridgehead atoms. The van der Waals surface area contributed by atoms with Crippen molar-refractivity contribution in [3.8, 4) is 5.75 Å². The van der Waals surface area contributed by atoms with E-state index in [0.29, 0.717) is 5.56 Å². The summed E-state index contributed by atoms with van der Waals surface area (Å²) >= 11 is 0. The second kappa shape index (κ2) is 6.75. The van der Waals surface area contributed by atoms with Gasteiger partial charge in [-0.15, -0.1) is 0 Å². The van der Waals surface area contributed by atoms with Gasteiger partial charge in [0.2, 0.25) is 0 Å². The maximum absolute atomic E-state index is 12.0. The first-order valence-corrected chi connectivity index (χ1v) is 6.79. The lowest BCUT2D eigenvalue weighted by Crippen LogP contribution is -1.97. The van der Waals surface area contributed by atoms with Crippen LogP contribution in [0.1, 0.15) is 21.5 Å². The summed E-state index contributed by atoms with van der Waals surface area (Å²) in [7, 11) is 1.62. The molecule has 0 spiro atoms. The summed E-state index contributed by atoms with van der Waals surface area (Å²) in [5.74, 6) is 0.710.